The molecule has 0 aliphatic carbocycles. The fraction of sp³-hybridized carbons (Fsp3) is 0.529. The van der Waals surface area contributed by atoms with Gasteiger partial charge in [-0.25, -0.2) is 4.99 Å². The molecule has 0 saturated carbocycles. The van der Waals surface area contributed by atoms with E-state index < -0.39 is 5.54 Å². The summed E-state index contributed by atoms with van der Waals surface area (Å²) in [5, 5.41) is 0. The Hall–Kier alpha value is -1.84. The van der Waals surface area contributed by atoms with Crippen LogP contribution in [0.25, 0.3) is 0 Å². The predicted octanol–water partition coefficient (Wildman–Crippen LogP) is 2.53. The molecule has 0 bridgehead atoms. The van der Waals surface area contributed by atoms with Gasteiger partial charge in [-0.3, -0.25) is 4.79 Å². The molecule has 0 fully saturated rings. The van der Waals surface area contributed by atoms with Crippen molar-refractivity contribution >= 4 is 11.8 Å². The third kappa shape index (κ3) is 2.94. The summed E-state index contributed by atoms with van der Waals surface area (Å²) >= 11 is 0. The van der Waals surface area contributed by atoms with Crippen molar-refractivity contribution in [2.75, 3.05) is 14.2 Å². The van der Waals surface area contributed by atoms with Gasteiger partial charge in [0.15, 0.2) is 0 Å². The number of carbonyl (C=O) groups is 1. The van der Waals surface area contributed by atoms with E-state index in [1.165, 1.54) is 0 Å². The van der Waals surface area contributed by atoms with Crippen molar-refractivity contribution in [3.05, 3.63) is 35.9 Å². The van der Waals surface area contributed by atoms with Crippen LogP contribution < -0.4 is 0 Å². The summed E-state index contributed by atoms with van der Waals surface area (Å²) in [6, 6.07) is 9.89. The average Bonchev–Trinajstić information content (AvgIpc) is 2.45. The van der Waals surface area contributed by atoms with Gasteiger partial charge in [-0.2, -0.15) is 0 Å². The second-order valence-electron chi connectivity index (χ2n) is 6.20. The van der Waals surface area contributed by atoms with Crippen LogP contribution in [0.3, 0.4) is 0 Å². The maximum Gasteiger partial charge on any atom is 0.251 e. The molecule has 0 saturated heterocycles. The molecule has 2 rings (SSSR count). The van der Waals surface area contributed by atoms with E-state index in [1.807, 2.05) is 44.3 Å². The van der Waals surface area contributed by atoms with Gasteiger partial charge in [0.05, 0.1) is 7.11 Å². The van der Waals surface area contributed by atoms with Crippen molar-refractivity contribution in [2.45, 2.75) is 38.8 Å². The second-order valence-corrected chi connectivity index (χ2v) is 6.20. The number of rotatable bonds is 3. The van der Waals surface area contributed by atoms with Crippen molar-refractivity contribution in [1.82, 2.24) is 4.90 Å². The highest BCUT2D eigenvalue weighted by molar-refractivity contribution is 5.98. The lowest BCUT2D eigenvalue weighted by Gasteiger charge is -2.41. The van der Waals surface area contributed by atoms with E-state index >= 15 is 0 Å². The Morgan fingerprint density at radius 2 is 1.95 bits per heavy atom. The van der Waals surface area contributed by atoms with Crippen LogP contribution in [0.2, 0.25) is 0 Å². The van der Waals surface area contributed by atoms with Crippen LogP contribution in [-0.2, 0) is 16.0 Å². The number of nitrogens with zero attached hydrogens (tertiary/aromatic N) is 2. The van der Waals surface area contributed by atoms with E-state index in [4.69, 9.17) is 4.74 Å². The lowest BCUT2D eigenvalue weighted by Crippen LogP contribution is -2.59. The molecule has 1 heterocycles. The molecule has 0 N–H and O–H groups in total. The van der Waals surface area contributed by atoms with Crippen molar-refractivity contribution in [3.8, 4) is 0 Å². The summed E-state index contributed by atoms with van der Waals surface area (Å²) in [5.41, 5.74) is 0.302. The van der Waals surface area contributed by atoms with Gasteiger partial charge in [-0.05, 0) is 18.4 Å². The number of amides is 1. The van der Waals surface area contributed by atoms with Gasteiger partial charge >= 0.3 is 0 Å². The Kier molecular flexibility index (Phi) is 4.35. The Balaban J connectivity index is 2.38. The zero-order chi connectivity index (χ0) is 15.6. The first kappa shape index (κ1) is 15.5. The molecule has 21 heavy (non-hydrogen) atoms. The zero-order valence-corrected chi connectivity index (χ0v) is 13.5. The van der Waals surface area contributed by atoms with Crippen molar-refractivity contribution in [1.29, 1.82) is 0 Å². The molecule has 1 aromatic carbocycles. The standard InChI is InChI=1S/C17H24N2O2/c1-12(2)14-15(21-5)18-17(3,16(20)19(14)4)11-13-9-7-6-8-10-13/h6-10,12,14H,11H2,1-5H3/t14-,17-/m0/s1. The van der Waals surface area contributed by atoms with E-state index in [1.54, 1.807) is 12.0 Å². The van der Waals surface area contributed by atoms with Gasteiger partial charge in [0.2, 0.25) is 5.90 Å². The number of methoxy groups -OCH3 is 1. The maximum atomic E-state index is 12.8. The van der Waals surface area contributed by atoms with E-state index in [2.05, 4.69) is 18.8 Å². The quantitative estimate of drug-likeness (QED) is 0.857. The molecule has 1 aliphatic heterocycles. The third-order valence-corrected chi connectivity index (χ3v) is 4.04. The van der Waals surface area contributed by atoms with E-state index in [9.17, 15) is 4.79 Å². The molecule has 2 atom stereocenters. The van der Waals surface area contributed by atoms with Crippen molar-refractivity contribution in [3.63, 3.8) is 0 Å². The van der Waals surface area contributed by atoms with Crippen LogP contribution in [-0.4, -0.2) is 42.4 Å². The van der Waals surface area contributed by atoms with Gasteiger partial charge in [0.25, 0.3) is 5.91 Å². The van der Waals surface area contributed by atoms with Gasteiger partial charge in [-0.15, -0.1) is 0 Å². The molecule has 0 spiro atoms. The average molecular weight is 288 g/mol. The summed E-state index contributed by atoms with van der Waals surface area (Å²) in [6.45, 7) is 6.03. The van der Waals surface area contributed by atoms with Gasteiger partial charge in [-0.1, -0.05) is 44.2 Å². The summed E-state index contributed by atoms with van der Waals surface area (Å²) in [4.78, 5) is 19.2. The molecular formula is C17H24N2O2. The molecule has 4 heteroatoms. The maximum absolute atomic E-state index is 12.8. The molecule has 1 amide bonds. The fourth-order valence-electron chi connectivity index (χ4n) is 3.04. The number of hydrogen-bond donors (Lipinski definition) is 0. The monoisotopic (exact) mass is 288 g/mol. The van der Waals surface area contributed by atoms with Crippen LogP contribution in [0.15, 0.2) is 35.3 Å². The van der Waals surface area contributed by atoms with E-state index in [0.29, 0.717) is 12.3 Å². The largest absolute Gasteiger partial charge is 0.483 e. The van der Waals surface area contributed by atoms with Crippen molar-refractivity contribution < 1.29 is 9.53 Å². The lowest BCUT2D eigenvalue weighted by molar-refractivity contribution is -0.138. The molecule has 4 nitrogen and oxygen atoms in total. The first-order valence-corrected chi connectivity index (χ1v) is 7.34. The van der Waals surface area contributed by atoms with Crippen LogP contribution >= 0.6 is 0 Å². The fourth-order valence-corrected chi connectivity index (χ4v) is 3.04. The summed E-state index contributed by atoms with van der Waals surface area (Å²) < 4.78 is 5.47. The zero-order valence-electron chi connectivity index (χ0n) is 13.5. The Bertz CT molecular complexity index is 539. The topological polar surface area (TPSA) is 41.9 Å². The smallest absolute Gasteiger partial charge is 0.251 e. The number of hydrogen-bond acceptors (Lipinski definition) is 3. The SMILES string of the molecule is COC1=N[C@@](C)(Cc2ccccc2)C(=O)N(C)[C@H]1C(C)C. The number of carbonyl (C=O) groups excluding carboxylic acids is 1. The molecule has 0 aromatic heterocycles. The van der Waals surface area contributed by atoms with Crippen molar-refractivity contribution in [2.24, 2.45) is 10.9 Å². The van der Waals surface area contributed by atoms with Crippen LogP contribution in [0.4, 0.5) is 0 Å². The first-order chi connectivity index (χ1) is 9.89. The third-order valence-electron chi connectivity index (χ3n) is 4.04. The summed E-state index contributed by atoms with van der Waals surface area (Å²) in [6.07, 6.45) is 0.578. The van der Waals surface area contributed by atoms with Crippen LogP contribution in [0.1, 0.15) is 26.3 Å². The molecule has 114 valence electrons. The molecule has 0 radical (unpaired) electrons. The minimum atomic E-state index is -0.799. The van der Waals surface area contributed by atoms with Crippen LogP contribution in [0, 0.1) is 5.92 Å². The minimum Gasteiger partial charge on any atom is -0.483 e. The first-order valence-electron chi connectivity index (χ1n) is 7.34. The minimum absolute atomic E-state index is 0.0471. The Morgan fingerprint density at radius 1 is 1.33 bits per heavy atom. The summed E-state index contributed by atoms with van der Waals surface area (Å²) in [7, 11) is 3.46. The van der Waals surface area contributed by atoms with Gasteiger partial charge in [0, 0.05) is 13.5 Å². The second kappa shape index (κ2) is 5.88. The highest BCUT2D eigenvalue weighted by Gasteiger charge is 2.45. The summed E-state index contributed by atoms with van der Waals surface area (Å²) in [5.74, 6) is 0.954. The van der Waals surface area contributed by atoms with E-state index in [0.717, 1.165) is 5.56 Å². The van der Waals surface area contributed by atoms with Gasteiger partial charge in [0.1, 0.15) is 11.6 Å². The number of likely N-dealkylation sites (N-methyl/N-ethyl adjacent to an activating group) is 1. The number of aliphatic imine (C=N–C) groups is 1. The highest BCUT2D eigenvalue weighted by atomic mass is 16.5. The lowest BCUT2D eigenvalue weighted by atomic mass is 9.88. The highest BCUT2D eigenvalue weighted by Crippen LogP contribution is 2.29. The Labute approximate surface area is 126 Å². The number of ether oxygens (including phenoxy) is 1. The molecule has 0 unspecified atom stereocenters. The Morgan fingerprint density at radius 3 is 2.48 bits per heavy atom. The van der Waals surface area contributed by atoms with Crippen LogP contribution in [0.5, 0.6) is 0 Å². The molecule has 1 aliphatic rings. The molecule has 1 aromatic rings. The number of benzene rings is 1. The van der Waals surface area contributed by atoms with Gasteiger partial charge < -0.3 is 9.64 Å². The predicted molar refractivity (Wildman–Crippen MR) is 84.4 cm³/mol. The van der Waals surface area contributed by atoms with E-state index in [-0.39, 0.29) is 17.9 Å². The normalized spacial score (nSPS) is 26.0. The molecular weight excluding hydrogens is 264 g/mol.